The molecule has 3 fully saturated rings. The van der Waals surface area contributed by atoms with Gasteiger partial charge in [-0.2, -0.15) is 0 Å². The zero-order valence-corrected chi connectivity index (χ0v) is 13.2. The molecule has 0 saturated heterocycles. The predicted molar refractivity (Wildman–Crippen MR) is 85.8 cm³/mol. The van der Waals surface area contributed by atoms with E-state index in [9.17, 15) is 0 Å². The third-order valence-electron chi connectivity index (χ3n) is 6.34. The molecule has 20 heavy (non-hydrogen) atoms. The van der Waals surface area contributed by atoms with Gasteiger partial charge in [0.25, 0.3) is 0 Å². The Labute approximate surface area is 125 Å². The van der Waals surface area contributed by atoms with E-state index in [-0.39, 0.29) is 5.54 Å². The van der Waals surface area contributed by atoms with Crippen molar-refractivity contribution in [2.45, 2.75) is 108 Å². The van der Waals surface area contributed by atoms with Crippen molar-refractivity contribution in [3.63, 3.8) is 0 Å². The Morgan fingerprint density at radius 3 is 2.05 bits per heavy atom. The Morgan fingerprint density at radius 1 is 0.700 bits per heavy atom. The molecule has 3 N–H and O–H groups in total. The van der Waals surface area contributed by atoms with Crippen LogP contribution in [-0.4, -0.2) is 17.6 Å². The molecule has 3 saturated carbocycles. The predicted octanol–water partition coefficient (Wildman–Crippen LogP) is 4.13. The Kier molecular flexibility index (Phi) is 5.04. The van der Waals surface area contributed by atoms with Crippen molar-refractivity contribution in [3.05, 3.63) is 0 Å². The SMILES string of the molecule is NC1(C2CCCCC2NC2CCCCC2)CCCCC1. The summed E-state index contributed by atoms with van der Waals surface area (Å²) < 4.78 is 0. The maximum atomic E-state index is 6.89. The molecule has 0 heterocycles. The van der Waals surface area contributed by atoms with Gasteiger partial charge in [0.2, 0.25) is 0 Å². The van der Waals surface area contributed by atoms with Gasteiger partial charge < -0.3 is 11.1 Å². The van der Waals surface area contributed by atoms with E-state index in [2.05, 4.69) is 5.32 Å². The molecule has 0 amide bonds. The molecular weight excluding hydrogens is 244 g/mol. The highest BCUT2D eigenvalue weighted by Crippen LogP contribution is 2.40. The second kappa shape index (κ2) is 6.79. The normalized spacial score (nSPS) is 35.9. The van der Waals surface area contributed by atoms with E-state index in [0.29, 0.717) is 0 Å². The van der Waals surface area contributed by atoms with Crippen molar-refractivity contribution in [1.82, 2.24) is 5.32 Å². The molecule has 0 radical (unpaired) electrons. The van der Waals surface area contributed by atoms with E-state index in [0.717, 1.165) is 18.0 Å². The fourth-order valence-corrected chi connectivity index (χ4v) is 5.17. The average molecular weight is 278 g/mol. The Morgan fingerprint density at radius 2 is 1.30 bits per heavy atom. The molecule has 0 aliphatic heterocycles. The summed E-state index contributed by atoms with van der Waals surface area (Å²) in [7, 11) is 0. The molecule has 3 aliphatic carbocycles. The molecule has 0 bridgehead atoms. The quantitative estimate of drug-likeness (QED) is 0.814. The fraction of sp³-hybridized carbons (Fsp3) is 1.00. The van der Waals surface area contributed by atoms with E-state index in [1.54, 1.807) is 0 Å². The zero-order chi connectivity index (χ0) is 13.8. The van der Waals surface area contributed by atoms with E-state index < -0.39 is 0 Å². The highest BCUT2D eigenvalue weighted by atomic mass is 15.0. The van der Waals surface area contributed by atoms with Crippen LogP contribution in [0.25, 0.3) is 0 Å². The van der Waals surface area contributed by atoms with Crippen molar-refractivity contribution in [2.75, 3.05) is 0 Å². The van der Waals surface area contributed by atoms with Crippen LogP contribution in [-0.2, 0) is 0 Å². The van der Waals surface area contributed by atoms with Crippen LogP contribution in [0.2, 0.25) is 0 Å². The van der Waals surface area contributed by atoms with Crippen molar-refractivity contribution in [2.24, 2.45) is 11.7 Å². The monoisotopic (exact) mass is 278 g/mol. The summed E-state index contributed by atoms with van der Waals surface area (Å²) in [4.78, 5) is 0. The first-order valence-corrected chi connectivity index (χ1v) is 9.33. The minimum absolute atomic E-state index is 0.158. The lowest BCUT2D eigenvalue weighted by molar-refractivity contribution is 0.107. The van der Waals surface area contributed by atoms with Crippen LogP contribution in [0.15, 0.2) is 0 Å². The smallest absolute Gasteiger partial charge is 0.0197 e. The third kappa shape index (κ3) is 3.39. The minimum atomic E-state index is 0.158. The molecule has 0 aromatic rings. The number of nitrogens with two attached hydrogens (primary N) is 1. The number of nitrogens with one attached hydrogen (secondary N) is 1. The summed E-state index contributed by atoms with van der Waals surface area (Å²) in [5.74, 6) is 0.749. The number of rotatable bonds is 3. The lowest BCUT2D eigenvalue weighted by atomic mass is 9.66. The molecule has 2 heteroatoms. The van der Waals surface area contributed by atoms with Gasteiger partial charge in [0, 0.05) is 17.6 Å². The average Bonchev–Trinajstić information content (AvgIpc) is 2.49. The number of hydrogen-bond donors (Lipinski definition) is 2. The first-order valence-electron chi connectivity index (χ1n) is 9.33. The molecule has 3 aliphatic rings. The maximum Gasteiger partial charge on any atom is 0.0197 e. The van der Waals surface area contributed by atoms with Crippen LogP contribution < -0.4 is 11.1 Å². The van der Waals surface area contributed by atoms with Gasteiger partial charge in [-0.3, -0.25) is 0 Å². The topological polar surface area (TPSA) is 38.0 Å². The summed E-state index contributed by atoms with van der Waals surface area (Å²) in [5.41, 5.74) is 7.05. The summed E-state index contributed by atoms with van der Waals surface area (Å²) in [6.07, 6.45) is 19.4. The van der Waals surface area contributed by atoms with Crippen LogP contribution in [0, 0.1) is 5.92 Å². The van der Waals surface area contributed by atoms with Gasteiger partial charge in [-0.1, -0.05) is 51.4 Å². The Balaban J connectivity index is 1.63. The summed E-state index contributed by atoms with van der Waals surface area (Å²) >= 11 is 0. The fourth-order valence-electron chi connectivity index (χ4n) is 5.17. The lowest BCUT2D eigenvalue weighted by Crippen LogP contribution is -2.58. The van der Waals surface area contributed by atoms with Crippen molar-refractivity contribution < 1.29 is 0 Å². The van der Waals surface area contributed by atoms with Crippen molar-refractivity contribution in [3.8, 4) is 0 Å². The summed E-state index contributed by atoms with van der Waals surface area (Å²) in [6.45, 7) is 0. The Hall–Kier alpha value is -0.0800. The van der Waals surface area contributed by atoms with Gasteiger partial charge in [-0.25, -0.2) is 0 Å². The zero-order valence-electron chi connectivity index (χ0n) is 13.2. The highest BCUT2D eigenvalue weighted by molar-refractivity contribution is 5.00. The van der Waals surface area contributed by atoms with Gasteiger partial charge in [-0.05, 0) is 44.4 Å². The maximum absolute atomic E-state index is 6.89. The van der Waals surface area contributed by atoms with E-state index in [1.165, 1.54) is 89.9 Å². The molecule has 3 rings (SSSR count). The second-order valence-electron chi connectivity index (χ2n) is 7.79. The van der Waals surface area contributed by atoms with Gasteiger partial charge >= 0.3 is 0 Å². The lowest BCUT2D eigenvalue weighted by Gasteiger charge is -2.48. The van der Waals surface area contributed by atoms with E-state index in [4.69, 9.17) is 5.73 Å². The summed E-state index contributed by atoms with van der Waals surface area (Å²) in [5, 5.41) is 4.05. The summed E-state index contributed by atoms with van der Waals surface area (Å²) in [6, 6.07) is 1.51. The van der Waals surface area contributed by atoms with Crippen molar-refractivity contribution in [1.29, 1.82) is 0 Å². The first kappa shape index (κ1) is 14.8. The van der Waals surface area contributed by atoms with Crippen LogP contribution >= 0.6 is 0 Å². The van der Waals surface area contributed by atoms with Crippen LogP contribution in [0.3, 0.4) is 0 Å². The van der Waals surface area contributed by atoms with Gasteiger partial charge in [0.15, 0.2) is 0 Å². The molecule has 0 aromatic heterocycles. The first-order chi connectivity index (χ1) is 9.78. The molecule has 116 valence electrons. The molecule has 0 spiro atoms. The van der Waals surface area contributed by atoms with Crippen molar-refractivity contribution >= 4 is 0 Å². The molecule has 2 unspecified atom stereocenters. The Bertz CT molecular complexity index is 290. The molecule has 2 atom stereocenters. The molecular formula is C18H34N2. The van der Waals surface area contributed by atoms with E-state index >= 15 is 0 Å². The van der Waals surface area contributed by atoms with Gasteiger partial charge in [0.1, 0.15) is 0 Å². The van der Waals surface area contributed by atoms with Crippen LogP contribution in [0.5, 0.6) is 0 Å². The minimum Gasteiger partial charge on any atom is -0.325 e. The highest BCUT2D eigenvalue weighted by Gasteiger charge is 2.41. The number of hydrogen-bond acceptors (Lipinski definition) is 2. The largest absolute Gasteiger partial charge is 0.325 e. The third-order valence-corrected chi connectivity index (χ3v) is 6.34. The van der Waals surface area contributed by atoms with Gasteiger partial charge in [-0.15, -0.1) is 0 Å². The molecule has 2 nitrogen and oxygen atoms in total. The van der Waals surface area contributed by atoms with Gasteiger partial charge in [0.05, 0.1) is 0 Å². The standard InChI is InChI=1S/C18H34N2/c19-18(13-7-2-8-14-18)16-11-5-6-12-17(16)20-15-9-3-1-4-10-15/h15-17,20H,1-14,19H2. The van der Waals surface area contributed by atoms with E-state index in [1.807, 2.05) is 0 Å². The second-order valence-corrected chi connectivity index (χ2v) is 7.79. The molecule has 0 aromatic carbocycles. The van der Waals surface area contributed by atoms with Crippen LogP contribution in [0.4, 0.5) is 0 Å². The van der Waals surface area contributed by atoms with Crippen LogP contribution in [0.1, 0.15) is 89.9 Å².